The molecule has 3 N–H and O–H groups in total. The molecule has 13 heavy (non-hydrogen) atoms. The molecule has 0 heterocycles. The first-order valence-corrected chi connectivity index (χ1v) is 4.94. The molecule has 0 aromatic carbocycles. The van der Waals surface area contributed by atoms with Gasteiger partial charge >= 0.3 is 0 Å². The molecule has 0 fully saturated rings. The van der Waals surface area contributed by atoms with Crippen LogP contribution in [0.1, 0.15) is 33.1 Å². The van der Waals surface area contributed by atoms with Crippen LogP contribution in [0.2, 0.25) is 0 Å². The third-order valence-electron chi connectivity index (χ3n) is 2.02. The number of nitrogens with one attached hydrogen (secondary N) is 1. The normalized spacial score (nSPS) is 11.2. The minimum absolute atomic E-state index is 0.171. The Labute approximate surface area is 81.3 Å². The van der Waals surface area contributed by atoms with E-state index in [1.54, 1.807) is 0 Å². The van der Waals surface area contributed by atoms with Crippen LogP contribution in [0.4, 0.5) is 0 Å². The van der Waals surface area contributed by atoms with Crippen molar-refractivity contribution < 1.29 is 0 Å². The molecule has 0 aliphatic heterocycles. The molecule has 3 nitrogen and oxygen atoms in total. The van der Waals surface area contributed by atoms with E-state index in [-0.39, 0.29) is 5.41 Å². The van der Waals surface area contributed by atoms with Crippen molar-refractivity contribution in [1.29, 1.82) is 5.26 Å². The number of hydrogen-bond donors (Lipinski definition) is 2. The first-order chi connectivity index (χ1) is 6.12. The second kappa shape index (κ2) is 6.88. The van der Waals surface area contributed by atoms with Crippen LogP contribution in [0, 0.1) is 16.7 Å². The summed E-state index contributed by atoms with van der Waals surface area (Å²) in [6, 6.07) is 2.30. The van der Waals surface area contributed by atoms with E-state index in [9.17, 15) is 0 Å². The second-order valence-corrected chi connectivity index (χ2v) is 3.99. The molecule has 0 aliphatic rings. The molecular weight excluding hydrogens is 162 g/mol. The first-order valence-electron chi connectivity index (χ1n) is 4.94. The van der Waals surface area contributed by atoms with Gasteiger partial charge in [0, 0.05) is 0 Å². The van der Waals surface area contributed by atoms with Crippen LogP contribution >= 0.6 is 0 Å². The highest BCUT2D eigenvalue weighted by molar-refractivity contribution is 4.91. The van der Waals surface area contributed by atoms with Crippen molar-refractivity contribution >= 4 is 0 Å². The summed E-state index contributed by atoms with van der Waals surface area (Å²) in [5, 5.41) is 12.0. The summed E-state index contributed by atoms with van der Waals surface area (Å²) in [5.74, 6) is 0. The van der Waals surface area contributed by atoms with Gasteiger partial charge in [0.25, 0.3) is 0 Å². The van der Waals surface area contributed by atoms with Crippen molar-refractivity contribution in [2.75, 3.05) is 19.6 Å². The van der Waals surface area contributed by atoms with Gasteiger partial charge in [0.2, 0.25) is 0 Å². The zero-order chi connectivity index (χ0) is 10.2. The standard InChI is InChI=1S/C10H21N3/c1-10(2,9-12)5-3-7-13-8-4-6-11/h13H,3-8,11H2,1-2H3. The molecule has 0 saturated heterocycles. The maximum Gasteiger partial charge on any atom is 0.0683 e. The molecule has 0 unspecified atom stereocenters. The summed E-state index contributed by atoms with van der Waals surface area (Å²) in [6.07, 6.45) is 3.05. The summed E-state index contributed by atoms with van der Waals surface area (Å²) in [7, 11) is 0. The topological polar surface area (TPSA) is 61.8 Å². The number of nitriles is 1. The SMILES string of the molecule is CC(C)(C#N)CCCNCCCN. The quantitative estimate of drug-likeness (QED) is 0.584. The Hall–Kier alpha value is -0.590. The van der Waals surface area contributed by atoms with Crippen molar-refractivity contribution in [1.82, 2.24) is 5.32 Å². The number of rotatable bonds is 7. The Morgan fingerprint density at radius 3 is 2.46 bits per heavy atom. The van der Waals surface area contributed by atoms with Crippen LogP contribution < -0.4 is 11.1 Å². The van der Waals surface area contributed by atoms with E-state index < -0.39 is 0 Å². The molecule has 0 aliphatic carbocycles. The molecule has 0 aromatic rings. The predicted octanol–water partition coefficient (Wildman–Crippen LogP) is 1.25. The lowest BCUT2D eigenvalue weighted by atomic mass is 9.90. The van der Waals surface area contributed by atoms with Crippen LogP contribution in [0.5, 0.6) is 0 Å². The van der Waals surface area contributed by atoms with Crippen LogP contribution in [-0.2, 0) is 0 Å². The fraction of sp³-hybridized carbons (Fsp3) is 0.900. The predicted molar refractivity (Wildman–Crippen MR) is 55.2 cm³/mol. The van der Waals surface area contributed by atoms with Gasteiger partial charge < -0.3 is 11.1 Å². The largest absolute Gasteiger partial charge is 0.330 e. The maximum atomic E-state index is 8.75. The Morgan fingerprint density at radius 2 is 1.92 bits per heavy atom. The van der Waals surface area contributed by atoms with Crippen LogP contribution in [0.25, 0.3) is 0 Å². The molecule has 0 saturated carbocycles. The minimum Gasteiger partial charge on any atom is -0.330 e. The molecular formula is C10H21N3. The van der Waals surface area contributed by atoms with Crippen LogP contribution in [0.15, 0.2) is 0 Å². The van der Waals surface area contributed by atoms with E-state index in [0.717, 1.165) is 38.9 Å². The average Bonchev–Trinajstić information content (AvgIpc) is 2.11. The van der Waals surface area contributed by atoms with Gasteiger partial charge in [0.1, 0.15) is 0 Å². The first kappa shape index (κ1) is 12.4. The van der Waals surface area contributed by atoms with E-state index in [1.807, 2.05) is 13.8 Å². The van der Waals surface area contributed by atoms with Crippen LogP contribution in [-0.4, -0.2) is 19.6 Å². The number of nitrogens with two attached hydrogens (primary N) is 1. The van der Waals surface area contributed by atoms with E-state index in [2.05, 4.69) is 11.4 Å². The summed E-state index contributed by atoms with van der Waals surface area (Å²) >= 11 is 0. The Morgan fingerprint density at radius 1 is 1.31 bits per heavy atom. The lowest BCUT2D eigenvalue weighted by Gasteiger charge is -2.14. The molecule has 0 aromatic heterocycles. The van der Waals surface area contributed by atoms with Crippen molar-refractivity contribution in [3.8, 4) is 6.07 Å². The van der Waals surface area contributed by atoms with E-state index in [0.29, 0.717) is 0 Å². The van der Waals surface area contributed by atoms with Crippen molar-refractivity contribution in [3.05, 3.63) is 0 Å². The molecule has 0 atom stereocenters. The Balaban J connectivity index is 3.22. The third kappa shape index (κ3) is 7.76. The van der Waals surface area contributed by atoms with Gasteiger partial charge in [-0.05, 0) is 52.7 Å². The van der Waals surface area contributed by atoms with Gasteiger partial charge in [-0.15, -0.1) is 0 Å². The smallest absolute Gasteiger partial charge is 0.0683 e. The summed E-state index contributed by atoms with van der Waals surface area (Å²) in [4.78, 5) is 0. The summed E-state index contributed by atoms with van der Waals surface area (Å²) < 4.78 is 0. The zero-order valence-corrected chi connectivity index (χ0v) is 8.77. The third-order valence-corrected chi connectivity index (χ3v) is 2.02. The van der Waals surface area contributed by atoms with E-state index >= 15 is 0 Å². The van der Waals surface area contributed by atoms with Gasteiger partial charge in [-0.3, -0.25) is 0 Å². The summed E-state index contributed by atoms with van der Waals surface area (Å²) in [5.41, 5.74) is 5.18. The van der Waals surface area contributed by atoms with Crippen molar-refractivity contribution in [2.45, 2.75) is 33.1 Å². The van der Waals surface area contributed by atoms with E-state index in [1.165, 1.54) is 0 Å². The second-order valence-electron chi connectivity index (χ2n) is 3.99. The minimum atomic E-state index is -0.171. The fourth-order valence-electron chi connectivity index (χ4n) is 1.06. The average molecular weight is 183 g/mol. The molecule has 76 valence electrons. The van der Waals surface area contributed by atoms with Gasteiger partial charge in [-0.1, -0.05) is 0 Å². The maximum absolute atomic E-state index is 8.75. The lowest BCUT2D eigenvalue weighted by Crippen LogP contribution is -2.21. The van der Waals surface area contributed by atoms with Gasteiger partial charge in [0.15, 0.2) is 0 Å². The molecule has 0 rings (SSSR count). The van der Waals surface area contributed by atoms with E-state index in [4.69, 9.17) is 11.0 Å². The lowest BCUT2D eigenvalue weighted by molar-refractivity contribution is 0.426. The highest BCUT2D eigenvalue weighted by Gasteiger charge is 2.14. The van der Waals surface area contributed by atoms with Gasteiger partial charge in [0.05, 0.1) is 11.5 Å². The molecule has 3 heteroatoms. The summed E-state index contributed by atoms with van der Waals surface area (Å²) in [6.45, 7) is 6.69. The molecule has 0 spiro atoms. The van der Waals surface area contributed by atoms with Crippen molar-refractivity contribution in [3.63, 3.8) is 0 Å². The van der Waals surface area contributed by atoms with Crippen LogP contribution in [0.3, 0.4) is 0 Å². The highest BCUT2D eigenvalue weighted by Crippen LogP contribution is 2.19. The number of hydrogen-bond acceptors (Lipinski definition) is 3. The fourth-order valence-corrected chi connectivity index (χ4v) is 1.06. The van der Waals surface area contributed by atoms with Gasteiger partial charge in [-0.25, -0.2) is 0 Å². The monoisotopic (exact) mass is 183 g/mol. The van der Waals surface area contributed by atoms with Crippen molar-refractivity contribution in [2.24, 2.45) is 11.1 Å². The number of nitrogens with zero attached hydrogens (tertiary/aromatic N) is 1. The molecule has 0 amide bonds. The molecule has 0 radical (unpaired) electrons. The Kier molecular flexibility index (Phi) is 6.56. The Bertz CT molecular complexity index is 158. The molecule has 0 bridgehead atoms. The highest BCUT2D eigenvalue weighted by atomic mass is 14.8. The van der Waals surface area contributed by atoms with Gasteiger partial charge in [-0.2, -0.15) is 5.26 Å². The zero-order valence-electron chi connectivity index (χ0n) is 8.77.